The first kappa shape index (κ1) is 22.3. The highest BCUT2D eigenvalue weighted by atomic mass is 16.5. The van der Waals surface area contributed by atoms with Crippen LogP contribution in [0.25, 0.3) is 0 Å². The molecule has 0 unspecified atom stereocenters. The number of hydrogen-bond acceptors (Lipinski definition) is 7. The molecule has 1 aromatic heterocycles. The number of carbonyl (C=O) groups excluding carboxylic acids is 2. The lowest BCUT2D eigenvalue weighted by Gasteiger charge is -2.22. The van der Waals surface area contributed by atoms with E-state index in [9.17, 15) is 9.59 Å². The van der Waals surface area contributed by atoms with Gasteiger partial charge in [-0.15, -0.1) is 0 Å². The van der Waals surface area contributed by atoms with Crippen LogP contribution >= 0.6 is 0 Å². The minimum absolute atomic E-state index is 0.0913. The number of hydroxylamine groups is 1. The molecule has 2 rings (SSSR count). The fourth-order valence-electron chi connectivity index (χ4n) is 3.83. The van der Waals surface area contributed by atoms with Gasteiger partial charge in [0.05, 0.1) is 13.1 Å². The quantitative estimate of drug-likeness (QED) is 0.387. The predicted octanol–water partition coefficient (Wildman–Crippen LogP) is 1.98. The van der Waals surface area contributed by atoms with Gasteiger partial charge in [0.1, 0.15) is 0 Å². The van der Waals surface area contributed by atoms with Gasteiger partial charge >= 0.3 is 0 Å². The van der Waals surface area contributed by atoms with Gasteiger partial charge in [-0.05, 0) is 19.4 Å². The maximum Gasteiger partial charge on any atom is 0.244 e. The van der Waals surface area contributed by atoms with Crippen molar-refractivity contribution in [3.05, 3.63) is 11.7 Å². The Hall–Kier alpha value is -2.00. The molecule has 1 aromatic rings. The number of rotatable bonds is 11. The standard InChI is InChI=1S/C19H33N5O4/c1-20-18(26)13-24(2)12-16-21-19(28-23-16)15(11-17(25)22-27)10-6-9-14-7-4-3-5-8-14/h14-15,27H,3-13H2,1-2H3,(H,20,26)(H,22,25)/t15-/m1/s1. The van der Waals surface area contributed by atoms with Gasteiger partial charge in [0, 0.05) is 19.4 Å². The van der Waals surface area contributed by atoms with E-state index in [2.05, 4.69) is 15.5 Å². The van der Waals surface area contributed by atoms with Crippen molar-refractivity contribution in [2.24, 2.45) is 5.92 Å². The Kier molecular flexibility index (Phi) is 9.36. The second kappa shape index (κ2) is 11.8. The molecular weight excluding hydrogens is 362 g/mol. The fourth-order valence-corrected chi connectivity index (χ4v) is 3.83. The average Bonchev–Trinajstić information content (AvgIpc) is 3.15. The maximum absolute atomic E-state index is 11.7. The molecule has 28 heavy (non-hydrogen) atoms. The lowest BCUT2D eigenvalue weighted by Crippen LogP contribution is -2.32. The van der Waals surface area contributed by atoms with Crippen molar-refractivity contribution in [3.63, 3.8) is 0 Å². The molecule has 0 aromatic carbocycles. The van der Waals surface area contributed by atoms with Gasteiger partial charge in [-0.25, -0.2) is 5.48 Å². The Morgan fingerprint density at radius 2 is 2.04 bits per heavy atom. The number of aromatic nitrogens is 2. The zero-order valence-electron chi connectivity index (χ0n) is 16.9. The Morgan fingerprint density at radius 3 is 2.71 bits per heavy atom. The molecular formula is C19H33N5O4. The number of hydrogen-bond donors (Lipinski definition) is 3. The van der Waals surface area contributed by atoms with Gasteiger partial charge in [-0.3, -0.25) is 19.7 Å². The molecule has 1 atom stereocenters. The number of amides is 2. The topological polar surface area (TPSA) is 121 Å². The molecule has 1 fully saturated rings. The lowest BCUT2D eigenvalue weighted by molar-refractivity contribution is -0.129. The van der Waals surface area contributed by atoms with Crippen LogP contribution in [0.2, 0.25) is 0 Å². The smallest absolute Gasteiger partial charge is 0.244 e. The Labute approximate surface area is 166 Å². The molecule has 0 spiro atoms. The maximum atomic E-state index is 11.7. The summed E-state index contributed by atoms with van der Waals surface area (Å²) in [6, 6.07) is 0. The van der Waals surface area contributed by atoms with Crippen molar-refractivity contribution >= 4 is 11.8 Å². The third-order valence-corrected chi connectivity index (χ3v) is 5.38. The highest BCUT2D eigenvalue weighted by Gasteiger charge is 2.23. The molecule has 9 nitrogen and oxygen atoms in total. The summed E-state index contributed by atoms with van der Waals surface area (Å²) in [5, 5.41) is 15.4. The summed E-state index contributed by atoms with van der Waals surface area (Å²) in [4.78, 5) is 29.3. The minimum Gasteiger partial charge on any atom is -0.358 e. The average molecular weight is 396 g/mol. The summed E-state index contributed by atoms with van der Waals surface area (Å²) in [5.41, 5.74) is 1.69. The molecule has 0 radical (unpaired) electrons. The van der Waals surface area contributed by atoms with Gasteiger partial charge in [0.15, 0.2) is 5.82 Å². The van der Waals surface area contributed by atoms with Crippen LogP contribution in [0.1, 0.15) is 75.4 Å². The lowest BCUT2D eigenvalue weighted by atomic mass is 9.84. The molecule has 1 saturated carbocycles. The van der Waals surface area contributed by atoms with Crippen LogP contribution in [0, 0.1) is 5.92 Å². The molecule has 3 N–H and O–H groups in total. The van der Waals surface area contributed by atoms with Gasteiger partial charge in [0.25, 0.3) is 0 Å². The second-order valence-electron chi connectivity index (χ2n) is 7.77. The number of nitrogens with zero attached hydrogens (tertiary/aromatic N) is 3. The van der Waals surface area contributed by atoms with Crippen molar-refractivity contribution in [1.29, 1.82) is 0 Å². The van der Waals surface area contributed by atoms with Crippen LogP contribution in [-0.4, -0.2) is 52.7 Å². The van der Waals surface area contributed by atoms with E-state index in [-0.39, 0.29) is 24.8 Å². The van der Waals surface area contributed by atoms with E-state index in [1.165, 1.54) is 32.1 Å². The SMILES string of the molecule is CNC(=O)CN(C)Cc1noc([C@H](CCCC2CCCCC2)CC(=O)NO)n1. The van der Waals surface area contributed by atoms with Crippen LogP contribution in [-0.2, 0) is 16.1 Å². The Morgan fingerprint density at radius 1 is 1.29 bits per heavy atom. The van der Waals surface area contributed by atoms with E-state index in [1.807, 2.05) is 0 Å². The Balaban J connectivity index is 1.91. The van der Waals surface area contributed by atoms with Crippen molar-refractivity contribution in [1.82, 2.24) is 25.8 Å². The monoisotopic (exact) mass is 395 g/mol. The molecule has 0 saturated heterocycles. The van der Waals surface area contributed by atoms with E-state index >= 15 is 0 Å². The highest BCUT2D eigenvalue weighted by Crippen LogP contribution is 2.31. The zero-order valence-corrected chi connectivity index (χ0v) is 16.9. The molecule has 0 aliphatic heterocycles. The normalized spacial score (nSPS) is 16.1. The first-order chi connectivity index (χ1) is 13.5. The molecule has 0 bridgehead atoms. The van der Waals surface area contributed by atoms with Gasteiger partial charge in [-0.2, -0.15) is 4.98 Å². The molecule has 158 valence electrons. The second-order valence-corrected chi connectivity index (χ2v) is 7.77. The third kappa shape index (κ3) is 7.55. The molecule has 1 heterocycles. The van der Waals surface area contributed by atoms with E-state index in [0.717, 1.165) is 25.2 Å². The van der Waals surface area contributed by atoms with E-state index in [0.29, 0.717) is 18.3 Å². The Bertz CT molecular complexity index is 615. The van der Waals surface area contributed by atoms with Crippen molar-refractivity contribution in [2.75, 3.05) is 20.6 Å². The highest BCUT2D eigenvalue weighted by molar-refractivity contribution is 5.77. The van der Waals surface area contributed by atoms with Gasteiger partial charge < -0.3 is 9.84 Å². The largest absolute Gasteiger partial charge is 0.358 e. The van der Waals surface area contributed by atoms with Gasteiger partial charge in [-0.1, -0.05) is 50.1 Å². The first-order valence-corrected chi connectivity index (χ1v) is 10.2. The van der Waals surface area contributed by atoms with Crippen molar-refractivity contribution in [3.8, 4) is 0 Å². The van der Waals surface area contributed by atoms with Crippen LogP contribution in [0.3, 0.4) is 0 Å². The van der Waals surface area contributed by atoms with E-state index in [1.54, 1.807) is 24.5 Å². The number of carbonyl (C=O) groups is 2. The number of likely N-dealkylation sites (N-methyl/N-ethyl adjacent to an activating group) is 2. The van der Waals surface area contributed by atoms with Crippen molar-refractivity contribution < 1.29 is 19.3 Å². The number of nitrogens with one attached hydrogen (secondary N) is 2. The van der Waals surface area contributed by atoms with Crippen LogP contribution in [0.4, 0.5) is 0 Å². The van der Waals surface area contributed by atoms with Crippen molar-refractivity contribution in [2.45, 2.75) is 70.3 Å². The third-order valence-electron chi connectivity index (χ3n) is 5.38. The summed E-state index contributed by atoms with van der Waals surface area (Å²) in [6.07, 6.45) is 9.57. The zero-order chi connectivity index (χ0) is 20.4. The van der Waals surface area contributed by atoms with Crippen LogP contribution in [0.5, 0.6) is 0 Å². The first-order valence-electron chi connectivity index (χ1n) is 10.2. The molecule has 1 aliphatic rings. The predicted molar refractivity (Wildman–Crippen MR) is 102 cm³/mol. The summed E-state index contributed by atoms with van der Waals surface area (Å²) in [7, 11) is 3.39. The van der Waals surface area contributed by atoms with Crippen LogP contribution in [0.15, 0.2) is 4.52 Å². The summed E-state index contributed by atoms with van der Waals surface area (Å²) >= 11 is 0. The molecule has 2 amide bonds. The summed E-state index contributed by atoms with van der Waals surface area (Å²) in [6.45, 7) is 0.607. The van der Waals surface area contributed by atoms with E-state index < -0.39 is 5.91 Å². The van der Waals surface area contributed by atoms with E-state index in [4.69, 9.17) is 9.73 Å². The fraction of sp³-hybridized carbons (Fsp3) is 0.789. The van der Waals surface area contributed by atoms with Gasteiger partial charge in [0.2, 0.25) is 17.7 Å². The molecule has 9 heteroatoms. The minimum atomic E-state index is -0.459. The van der Waals surface area contributed by atoms with Crippen LogP contribution < -0.4 is 10.8 Å². The molecule has 1 aliphatic carbocycles. The summed E-state index contributed by atoms with van der Waals surface area (Å²) < 4.78 is 5.40. The summed E-state index contributed by atoms with van der Waals surface area (Å²) in [5.74, 6) is 0.892.